The lowest BCUT2D eigenvalue weighted by atomic mass is 10.1. The lowest BCUT2D eigenvalue weighted by Crippen LogP contribution is -2.39. The molecule has 0 radical (unpaired) electrons. The van der Waals surface area contributed by atoms with Crippen LogP contribution in [0.5, 0.6) is 0 Å². The first-order chi connectivity index (χ1) is 8.13. The minimum absolute atomic E-state index is 0.201. The summed E-state index contributed by atoms with van der Waals surface area (Å²) in [5.74, 6) is -0.201. The highest BCUT2D eigenvalue weighted by Crippen LogP contribution is 2.31. The molecule has 0 aromatic heterocycles. The fourth-order valence-corrected chi connectivity index (χ4v) is 2.13. The molecule has 4 nitrogen and oxygen atoms in total. The van der Waals surface area contributed by atoms with Crippen molar-refractivity contribution in [3.05, 3.63) is 35.4 Å². The molecule has 17 heavy (non-hydrogen) atoms. The van der Waals surface area contributed by atoms with Gasteiger partial charge in [-0.05, 0) is 18.1 Å². The van der Waals surface area contributed by atoms with E-state index in [9.17, 15) is 9.90 Å². The van der Waals surface area contributed by atoms with Gasteiger partial charge in [0.1, 0.15) is 6.10 Å². The Hall–Kier alpha value is -1.39. The summed E-state index contributed by atoms with van der Waals surface area (Å²) in [6.45, 7) is 1.68. The molecule has 0 bridgehead atoms. The highest BCUT2D eigenvalue weighted by Gasteiger charge is 2.32. The highest BCUT2D eigenvalue weighted by molar-refractivity contribution is 5.81. The monoisotopic (exact) mass is 235 g/mol. The van der Waals surface area contributed by atoms with Gasteiger partial charge in [-0.1, -0.05) is 24.3 Å². The summed E-state index contributed by atoms with van der Waals surface area (Å²) in [6.07, 6.45) is -0.474. The van der Waals surface area contributed by atoms with Gasteiger partial charge in [0.2, 0.25) is 5.91 Å². The van der Waals surface area contributed by atoms with Gasteiger partial charge in [0.25, 0.3) is 0 Å². The zero-order valence-corrected chi connectivity index (χ0v) is 10.0. The van der Waals surface area contributed by atoms with E-state index >= 15 is 0 Å². The van der Waals surface area contributed by atoms with Crippen molar-refractivity contribution in [3.63, 3.8) is 0 Å². The minimum atomic E-state index is -0.555. The molecule has 0 fully saturated rings. The average Bonchev–Trinajstić information content (AvgIpc) is 2.65. The number of benzene rings is 1. The van der Waals surface area contributed by atoms with Crippen LogP contribution in [-0.2, 0) is 16.0 Å². The first-order valence-corrected chi connectivity index (χ1v) is 5.72. The quantitative estimate of drug-likeness (QED) is 0.814. The van der Waals surface area contributed by atoms with Gasteiger partial charge in [0, 0.05) is 13.5 Å². The second-order valence-corrected chi connectivity index (χ2v) is 4.33. The first kappa shape index (κ1) is 12.1. The van der Waals surface area contributed by atoms with Crippen LogP contribution in [0.25, 0.3) is 0 Å². The number of amides is 1. The summed E-state index contributed by atoms with van der Waals surface area (Å²) in [4.78, 5) is 11.7. The largest absolute Gasteiger partial charge is 0.390 e. The van der Waals surface area contributed by atoms with Crippen molar-refractivity contribution in [2.75, 3.05) is 7.11 Å². The van der Waals surface area contributed by atoms with E-state index in [1.165, 1.54) is 7.11 Å². The standard InChI is InChI=1S/C13H17NO3/c1-8(17-2)13(16)14-12-10-6-4-3-5-9(10)7-11(12)15/h3-6,8,11-12,15H,7H2,1-2H3,(H,14,16). The molecule has 1 aliphatic rings. The normalized spacial score (nSPS) is 24.2. The highest BCUT2D eigenvalue weighted by atomic mass is 16.5. The summed E-state index contributed by atoms with van der Waals surface area (Å²) in [5.41, 5.74) is 2.09. The van der Waals surface area contributed by atoms with Crippen molar-refractivity contribution in [3.8, 4) is 0 Å². The van der Waals surface area contributed by atoms with Gasteiger partial charge in [0.15, 0.2) is 0 Å². The SMILES string of the molecule is COC(C)C(=O)NC1c2ccccc2CC1O. The number of fused-ring (bicyclic) bond motifs is 1. The Kier molecular flexibility index (Phi) is 3.45. The molecule has 2 N–H and O–H groups in total. The number of hydrogen-bond acceptors (Lipinski definition) is 3. The molecule has 0 saturated heterocycles. The second-order valence-electron chi connectivity index (χ2n) is 4.33. The average molecular weight is 235 g/mol. The molecule has 0 spiro atoms. The molecular formula is C13H17NO3. The lowest BCUT2D eigenvalue weighted by molar-refractivity contribution is -0.131. The van der Waals surface area contributed by atoms with Crippen LogP contribution in [0.15, 0.2) is 24.3 Å². The Balaban J connectivity index is 2.14. The number of methoxy groups -OCH3 is 1. The van der Waals surface area contributed by atoms with Crippen LogP contribution >= 0.6 is 0 Å². The molecule has 0 heterocycles. The zero-order chi connectivity index (χ0) is 12.4. The number of nitrogens with one attached hydrogen (secondary N) is 1. The Labute approximate surface area is 101 Å². The predicted octanol–water partition coefficient (Wildman–Crippen LogP) is 0.796. The van der Waals surface area contributed by atoms with Crippen LogP contribution in [0.3, 0.4) is 0 Å². The van der Waals surface area contributed by atoms with Gasteiger partial charge in [-0.25, -0.2) is 0 Å². The molecule has 3 unspecified atom stereocenters. The molecule has 3 atom stereocenters. The third-order valence-corrected chi connectivity index (χ3v) is 3.22. The Bertz CT molecular complexity index is 419. The van der Waals surface area contributed by atoms with Crippen molar-refractivity contribution in [2.24, 2.45) is 0 Å². The molecule has 2 rings (SSSR count). The molecule has 0 saturated carbocycles. The first-order valence-electron chi connectivity index (χ1n) is 5.72. The van der Waals surface area contributed by atoms with Crippen molar-refractivity contribution >= 4 is 5.91 Å². The van der Waals surface area contributed by atoms with Gasteiger partial charge >= 0.3 is 0 Å². The minimum Gasteiger partial charge on any atom is -0.390 e. The van der Waals surface area contributed by atoms with E-state index in [2.05, 4.69) is 5.32 Å². The summed E-state index contributed by atoms with van der Waals surface area (Å²) < 4.78 is 4.95. The van der Waals surface area contributed by atoms with Crippen LogP contribution in [0.2, 0.25) is 0 Å². The van der Waals surface area contributed by atoms with Gasteiger partial charge in [-0.3, -0.25) is 4.79 Å². The van der Waals surface area contributed by atoms with Gasteiger partial charge in [0.05, 0.1) is 12.1 Å². The van der Waals surface area contributed by atoms with Crippen molar-refractivity contribution in [1.29, 1.82) is 0 Å². The molecule has 4 heteroatoms. The van der Waals surface area contributed by atoms with E-state index in [0.717, 1.165) is 11.1 Å². The zero-order valence-electron chi connectivity index (χ0n) is 10.0. The van der Waals surface area contributed by atoms with E-state index in [1.54, 1.807) is 6.92 Å². The summed E-state index contributed by atoms with van der Waals surface area (Å²) in [6, 6.07) is 7.44. The fraction of sp³-hybridized carbons (Fsp3) is 0.462. The van der Waals surface area contributed by atoms with Crippen molar-refractivity contribution in [2.45, 2.75) is 31.6 Å². The van der Waals surface area contributed by atoms with E-state index in [-0.39, 0.29) is 11.9 Å². The van der Waals surface area contributed by atoms with E-state index in [1.807, 2.05) is 24.3 Å². The number of aliphatic hydroxyl groups is 1. The van der Waals surface area contributed by atoms with Gasteiger partial charge < -0.3 is 15.2 Å². The van der Waals surface area contributed by atoms with Crippen molar-refractivity contribution < 1.29 is 14.6 Å². The van der Waals surface area contributed by atoms with Crippen LogP contribution in [-0.4, -0.2) is 30.3 Å². The number of ether oxygens (including phenoxy) is 1. The molecular weight excluding hydrogens is 218 g/mol. The van der Waals surface area contributed by atoms with Crippen LogP contribution in [0.4, 0.5) is 0 Å². The maximum absolute atomic E-state index is 11.7. The van der Waals surface area contributed by atoms with E-state index < -0.39 is 12.2 Å². The third kappa shape index (κ3) is 2.33. The van der Waals surface area contributed by atoms with Crippen LogP contribution in [0, 0.1) is 0 Å². The van der Waals surface area contributed by atoms with Gasteiger partial charge in [-0.2, -0.15) is 0 Å². The maximum atomic E-state index is 11.7. The molecule has 0 aliphatic heterocycles. The third-order valence-electron chi connectivity index (χ3n) is 3.22. The summed E-state index contributed by atoms with van der Waals surface area (Å²) >= 11 is 0. The van der Waals surface area contributed by atoms with E-state index in [4.69, 9.17) is 4.74 Å². The Morgan fingerprint density at radius 3 is 2.94 bits per heavy atom. The Morgan fingerprint density at radius 2 is 2.24 bits per heavy atom. The Morgan fingerprint density at radius 1 is 1.53 bits per heavy atom. The predicted molar refractivity (Wildman–Crippen MR) is 63.5 cm³/mol. The molecule has 1 aromatic carbocycles. The van der Waals surface area contributed by atoms with Crippen LogP contribution < -0.4 is 5.32 Å². The van der Waals surface area contributed by atoms with Crippen molar-refractivity contribution in [1.82, 2.24) is 5.32 Å². The summed E-state index contributed by atoms with van der Waals surface area (Å²) in [7, 11) is 1.49. The smallest absolute Gasteiger partial charge is 0.249 e. The number of rotatable bonds is 3. The number of aliphatic hydroxyl groups excluding tert-OH is 1. The molecule has 1 aromatic rings. The summed E-state index contributed by atoms with van der Waals surface area (Å²) in [5, 5.41) is 12.8. The molecule has 92 valence electrons. The molecule has 1 amide bonds. The topological polar surface area (TPSA) is 58.6 Å². The lowest BCUT2D eigenvalue weighted by Gasteiger charge is -2.20. The fourth-order valence-electron chi connectivity index (χ4n) is 2.13. The maximum Gasteiger partial charge on any atom is 0.249 e. The second kappa shape index (κ2) is 4.85. The molecule has 1 aliphatic carbocycles. The number of carbonyl (C=O) groups is 1. The van der Waals surface area contributed by atoms with E-state index in [0.29, 0.717) is 6.42 Å². The van der Waals surface area contributed by atoms with Gasteiger partial charge in [-0.15, -0.1) is 0 Å². The number of carbonyl (C=O) groups excluding carboxylic acids is 1. The number of hydrogen-bond donors (Lipinski definition) is 2. The van der Waals surface area contributed by atoms with Crippen LogP contribution in [0.1, 0.15) is 24.1 Å².